The third-order valence-corrected chi connectivity index (χ3v) is 4.33. The van der Waals surface area contributed by atoms with Gasteiger partial charge in [0.1, 0.15) is 11.8 Å². The summed E-state index contributed by atoms with van der Waals surface area (Å²) in [5.41, 5.74) is 0.952. The third kappa shape index (κ3) is 5.07. The molecule has 9 heteroatoms. The van der Waals surface area contributed by atoms with Crippen molar-refractivity contribution in [3.8, 4) is 0 Å². The molecule has 7 nitrogen and oxygen atoms in total. The highest BCUT2D eigenvalue weighted by atomic mass is 35.5. The Kier molecular flexibility index (Phi) is 8.45. The van der Waals surface area contributed by atoms with Gasteiger partial charge in [-0.15, -0.1) is 24.8 Å². The molecule has 3 heterocycles. The lowest BCUT2D eigenvalue weighted by atomic mass is 10.1. The van der Waals surface area contributed by atoms with Crippen LogP contribution in [0.5, 0.6) is 0 Å². The first-order valence-electron chi connectivity index (χ1n) is 7.92. The fourth-order valence-electron chi connectivity index (χ4n) is 3.05. The van der Waals surface area contributed by atoms with Crippen molar-refractivity contribution in [1.82, 2.24) is 20.3 Å². The second-order valence-electron chi connectivity index (χ2n) is 6.04. The summed E-state index contributed by atoms with van der Waals surface area (Å²) >= 11 is 0. The fourth-order valence-corrected chi connectivity index (χ4v) is 3.05. The smallest absolute Gasteiger partial charge is 0.242 e. The molecule has 1 aromatic rings. The van der Waals surface area contributed by atoms with Gasteiger partial charge in [-0.25, -0.2) is 0 Å². The van der Waals surface area contributed by atoms with Gasteiger partial charge in [0.15, 0.2) is 0 Å². The van der Waals surface area contributed by atoms with Crippen LogP contribution in [0.2, 0.25) is 0 Å². The van der Waals surface area contributed by atoms with Crippen LogP contribution < -0.4 is 5.32 Å². The van der Waals surface area contributed by atoms with Gasteiger partial charge in [0, 0.05) is 45.3 Å². The molecule has 2 atom stereocenters. The minimum Gasteiger partial charge on any atom is -0.375 e. The van der Waals surface area contributed by atoms with E-state index in [1.54, 1.807) is 0 Å². The van der Waals surface area contributed by atoms with E-state index in [1.165, 1.54) is 0 Å². The van der Waals surface area contributed by atoms with Gasteiger partial charge in [0.25, 0.3) is 0 Å². The molecule has 0 unspecified atom stereocenters. The van der Waals surface area contributed by atoms with Crippen molar-refractivity contribution in [3.05, 3.63) is 17.5 Å². The average molecular weight is 381 g/mol. The summed E-state index contributed by atoms with van der Waals surface area (Å²) in [6.45, 7) is 9.27. The molecule has 0 aromatic carbocycles. The summed E-state index contributed by atoms with van der Waals surface area (Å²) in [5, 5.41) is 7.29. The van der Waals surface area contributed by atoms with E-state index in [1.807, 2.05) is 24.8 Å². The number of rotatable bonds is 3. The van der Waals surface area contributed by atoms with Crippen molar-refractivity contribution in [1.29, 1.82) is 0 Å². The van der Waals surface area contributed by atoms with Crippen LogP contribution in [-0.2, 0) is 16.1 Å². The van der Waals surface area contributed by atoms with E-state index in [4.69, 9.17) is 9.26 Å². The zero-order chi connectivity index (χ0) is 15.5. The molecule has 1 aromatic heterocycles. The summed E-state index contributed by atoms with van der Waals surface area (Å²) in [6, 6.07) is 1.75. The molecule has 0 spiro atoms. The number of amides is 1. The minimum absolute atomic E-state index is 0. The van der Waals surface area contributed by atoms with Crippen LogP contribution in [0.15, 0.2) is 10.6 Å². The highest BCUT2D eigenvalue weighted by Crippen LogP contribution is 2.12. The standard InChI is InChI=1S/C15H24N4O3.2ClH/c1-11-9-13(17-22-11)10-18-4-6-19(7-5-18)15(20)14-12(2)21-8-3-16-14;;/h9,12,14,16H,3-8,10H2,1-2H3;2*1H/t12-,14+;;/m1../s1. The van der Waals surface area contributed by atoms with Crippen LogP contribution in [0.25, 0.3) is 0 Å². The Morgan fingerprint density at radius 1 is 1.33 bits per heavy atom. The first-order valence-corrected chi connectivity index (χ1v) is 7.92. The first kappa shape index (κ1) is 21.2. The maximum atomic E-state index is 12.6. The number of aryl methyl sites for hydroxylation is 1. The molecule has 2 saturated heterocycles. The summed E-state index contributed by atoms with van der Waals surface area (Å²) in [5.74, 6) is 0.991. The third-order valence-electron chi connectivity index (χ3n) is 4.33. The highest BCUT2D eigenvalue weighted by Gasteiger charge is 2.33. The number of morpholine rings is 1. The molecule has 2 aliphatic rings. The number of carbonyl (C=O) groups is 1. The molecule has 2 fully saturated rings. The van der Waals surface area contributed by atoms with Gasteiger partial charge in [-0.2, -0.15) is 0 Å². The SMILES string of the molecule is Cc1cc(CN2CCN(C(=O)[C@H]3NCCO[C@@H]3C)CC2)no1.Cl.Cl. The molecule has 3 rings (SSSR count). The van der Waals surface area contributed by atoms with Gasteiger partial charge in [-0.05, 0) is 13.8 Å². The number of nitrogens with one attached hydrogen (secondary N) is 1. The zero-order valence-electron chi connectivity index (χ0n) is 14.1. The van der Waals surface area contributed by atoms with E-state index < -0.39 is 0 Å². The lowest BCUT2D eigenvalue weighted by Crippen LogP contribution is -2.59. The van der Waals surface area contributed by atoms with Crippen molar-refractivity contribution >= 4 is 30.7 Å². The van der Waals surface area contributed by atoms with Crippen LogP contribution in [0, 0.1) is 6.92 Å². The Balaban J connectivity index is 0.00000144. The van der Waals surface area contributed by atoms with Gasteiger partial charge in [0.2, 0.25) is 5.91 Å². The van der Waals surface area contributed by atoms with E-state index in [2.05, 4.69) is 15.4 Å². The number of aromatic nitrogens is 1. The Morgan fingerprint density at radius 3 is 2.62 bits per heavy atom. The molecule has 138 valence electrons. The van der Waals surface area contributed by atoms with E-state index in [0.717, 1.165) is 50.7 Å². The van der Waals surface area contributed by atoms with Gasteiger partial charge < -0.3 is 19.5 Å². The van der Waals surface area contributed by atoms with E-state index >= 15 is 0 Å². The normalized spacial score (nSPS) is 24.8. The quantitative estimate of drug-likeness (QED) is 0.837. The molecular weight excluding hydrogens is 355 g/mol. The van der Waals surface area contributed by atoms with Crippen molar-refractivity contribution < 1.29 is 14.1 Å². The number of halogens is 2. The number of piperazine rings is 1. The molecule has 0 bridgehead atoms. The molecule has 2 aliphatic heterocycles. The van der Waals surface area contributed by atoms with E-state index in [-0.39, 0.29) is 42.9 Å². The number of hydrogen-bond acceptors (Lipinski definition) is 6. The summed E-state index contributed by atoms with van der Waals surface area (Å²) in [4.78, 5) is 16.8. The number of hydrogen-bond donors (Lipinski definition) is 1. The van der Waals surface area contributed by atoms with Crippen LogP contribution in [0.3, 0.4) is 0 Å². The lowest BCUT2D eigenvalue weighted by molar-refractivity contribution is -0.141. The van der Waals surface area contributed by atoms with Crippen molar-refractivity contribution in [2.24, 2.45) is 0 Å². The number of carbonyl (C=O) groups excluding carboxylic acids is 1. The fraction of sp³-hybridized carbons (Fsp3) is 0.733. The molecule has 24 heavy (non-hydrogen) atoms. The van der Waals surface area contributed by atoms with Crippen molar-refractivity contribution in [3.63, 3.8) is 0 Å². The van der Waals surface area contributed by atoms with Gasteiger partial charge >= 0.3 is 0 Å². The Labute approximate surface area is 154 Å². The largest absolute Gasteiger partial charge is 0.375 e. The minimum atomic E-state index is -0.210. The maximum absolute atomic E-state index is 12.6. The van der Waals surface area contributed by atoms with E-state index in [9.17, 15) is 4.79 Å². The van der Waals surface area contributed by atoms with Gasteiger partial charge in [0.05, 0.1) is 18.4 Å². The Bertz CT molecular complexity index is 521. The second kappa shape index (κ2) is 9.58. The molecule has 1 N–H and O–H groups in total. The second-order valence-corrected chi connectivity index (χ2v) is 6.04. The summed E-state index contributed by atoms with van der Waals surface area (Å²) in [7, 11) is 0. The van der Waals surface area contributed by atoms with Crippen LogP contribution in [-0.4, -0.2) is 72.3 Å². The maximum Gasteiger partial charge on any atom is 0.242 e. The molecule has 0 saturated carbocycles. The Morgan fingerprint density at radius 2 is 2.04 bits per heavy atom. The van der Waals surface area contributed by atoms with Gasteiger partial charge in [-0.3, -0.25) is 9.69 Å². The predicted octanol–water partition coefficient (Wildman–Crippen LogP) is 0.848. The monoisotopic (exact) mass is 380 g/mol. The number of nitrogens with zero attached hydrogens (tertiary/aromatic N) is 3. The molecular formula is C15H26Cl2N4O3. The van der Waals surface area contributed by atoms with Crippen LogP contribution in [0.4, 0.5) is 0 Å². The highest BCUT2D eigenvalue weighted by molar-refractivity contribution is 5.85. The number of ether oxygens (including phenoxy) is 1. The van der Waals surface area contributed by atoms with E-state index in [0.29, 0.717) is 6.61 Å². The lowest BCUT2D eigenvalue weighted by Gasteiger charge is -2.38. The van der Waals surface area contributed by atoms with Crippen molar-refractivity contribution in [2.75, 3.05) is 39.3 Å². The zero-order valence-corrected chi connectivity index (χ0v) is 15.7. The molecule has 0 aliphatic carbocycles. The van der Waals surface area contributed by atoms with Crippen LogP contribution >= 0.6 is 24.8 Å². The molecule has 1 amide bonds. The Hall–Kier alpha value is -0.860. The van der Waals surface area contributed by atoms with Crippen molar-refractivity contribution in [2.45, 2.75) is 32.5 Å². The predicted molar refractivity (Wildman–Crippen MR) is 94.8 cm³/mol. The first-order chi connectivity index (χ1) is 10.6. The molecule has 0 radical (unpaired) electrons. The summed E-state index contributed by atoms with van der Waals surface area (Å²) in [6.07, 6.45) is -0.0580. The van der Waals surface area contributed by atoms with Gasteiger partial charge in [-0.1, -0.05) is 5.16 Å². The average Bonchev–Trinajstić information content (AvgIpc) is 2.93. The summed E-state index contributed by atoms with van der Waals surface area (Å²) < 4.78 is 10.7. The van der Waals surface area contributed by atoms with Crippen LogP contribution in [0.1, 0.15) is 18.4 Å². The topological polar surface area (TPSA) is 70.8 Å².